The summed E-state index contributed by atoms with van der Waals surface area (Å²) < 4.78 is 18.7. The van der Waals surface area contributed by atoms with Crippen molar-refractivity contribution < 1.29 is 13.7 Å². The third-order valence-electron chi connectivity index (χ3n) is 7.43. The van der Waals surface area contributed by atoms with Crippen LogP contribution in [-0.2, 0) is 11.2 Å². The number of carbonyl (C=O) groups is 1. The zero-order valence-electron chi connectivity index (χ0n) is 17.5. The number of amides is 1. The summed E-state index contributed by atoms with van der Waals surface area (Å²) >= 11 is 0. The smallest absolute Gasteiger partial charge is 0.243 e. The summed E-state index contributed by atoms with van der Waals surface area (Å²) in [5, 5.41) is 8.09. The number of halogens is 1. The van der Waals surface area contributed by atoms with E-state index in [-0.39, 0.29) is 17.3 Å². The average Bonchev–Trinajstić information content (AvgIpc) is 3.26. The van der Waals surface area contributed by atoms with Crippen LogP contribution in [0.1, 0.15) is 36.9 Å². The highest BCUT2D eigenvalue weighted by molar-refractivity contribution is 6.03. The van der Waals surface area contributed by atoms with Crippen LogP contribution in [0.15, 0.2) is 40.9 Å². The molecule has 31 heavy (non-hydrogen) atoms. The van der Waals surface area contributed by atoms with Gasteiger partial charge in [-0.1, -0.05) is 17.3 Å². The molecule has 7 heteroatoms. The van der Waals surface area contributed by atoms with Crippen LogP contribution >= 0.6 is 0 Å². The van der Waals surface area contributed by atoms with Crippen molar-refractivity contribution in [3.8, 4) is 0 Å². The molecule has 1 amide bonds. The van der Waals surface area contributed by atoms with Crippen LogP contribution in [0.25, 0.3) is 11.0 Å². The van der Waals surface area contributed by atoms with Gasteiger partial charge in [0.25, 0.3) is 0 Å². The van der Waals surface area contributed by atoms with Crippen molar-refractivity contribution in [2.24, 2.45) is 0 Å². The van der Waals surface area contributed by atoms with Gasteiger partial charge in [0.1, 0.15) is 5.82 Å². The van der Waals surface area contributed by atoms with Gasteiger partial charge >= 0.3 is 0 Å². The SMILES string of the molecule is C[C@]12CCN(CCCc3noc4cc(F)ccc34)C[C@H]1c1cccc3c1N2CC(=O)N3. The van der Waals surface area contributed by atoms with Gasteiger partial charge in [-0.05, 0) is 56.5 Å². The first-order valence-electron chi connectivity index (χ1n) is 11.0. The fraction of sp³-hybridized carbons (Fsp3) is 0.417. The monoisotopic (exact) mass is 420 g/mol. The molecule has 0 aliphatic carbocycles. The summed E-state index contributed by atoms with van der Waals surface area (Å²) in [7, 11) is 0. The maximum Gasteiger partial charge on any atom is 0.243 e. The van der Waals surface area contributed by atoms with E-state index in [4.69, 9.17) is 4.52 Å². The normalized spacial score (nSPS) is 24.9. The minimum atomic E-state index is -0.304. The Bertz CT molecular complexity index is 1190. The number of benzene rings is 2. The molecule has 160 valence electrons. The largest absolute Gasteiger partial charge is 0.356 e. The number of nitrogens with one attached hydrogen (secondary N) is 1. The van der Waals surface area contributed by atoms with Crippen molar-refractivity contribution in [1.82, 2.24) is 10.1 Å². The number of aryl methyl sites for hydroxylation is 1. The topological polar surface area (TPSA) is 61.6 Å². The zero-order chi connectivity index (χ0) is 21.2. The second-order valence-corrected chi connectivity index (χ2v) is 9.21. The van der Waals surface area contributed by atoms with E-state index in [9.17, 15) is 9.18 Å². The lowest BCUT2D eigenvalue weighted by Crippen LogP contribution is -2.57. The van der Waals surface area contributed by atoms with Gasteiger partial charge in [-0.25, -0.2) is 4.39 Å². The summed E-state index contributed by atoms with van der Waals surface area (Å²) in [6.45, 7) is 5.74. The second kappa shape index (κ2) is 6.79. The Morgan fingerprint density at radius 1 is 1.32 bits per heavy atom. The standard InChI is InChI=1S/C24H25FN4O2/c1-24-9-11-28(10-3-6-19-17-8-7-15(25)12-21(17)31-27-19)13-18(24)16-4-2-5-20-23(16)29(24)14-22(30)26-20/h2,4-5,7-8,12,18H,3,6,9-11,13-14H2,1H3,(H,26,30)/t18-,24-/m0/s1. The summed E-state index contributed by atoms with van der Waals surface area (Å²) in [5.74, 6) is 0.162. The van der Waals surface area contributed by atoms with Crippen LogP contribution in [0, 0.1) is 5.82 Å². The highest BCUT2D eigenvalue weighted by Crippen LogP contribution is 2.55. The molecule has 3 aliphatic rings. The fourth-order valence-corrected chi connectivity index (χ4v) is 5.77. The molecule has 0 radical (unpaired) electrons. The highest BCUT2D eigenvalue weighted by atomic mass is 19.1. The summed E-state index contributed by atoms with van der Waals surface area (Å²) in [6, 6.07) is 10.9. The van der Waals surface area contributed by atoms with Crippen molar-refractivity contribution in [3.63, 3.8) is 0 Å². The van der Waals surface area contributed by atoms with Crippen molar-refractivity contribution in [3.05, 3.63) is 53.5 Å². The lowest BCUT2D eigenvalue weighted by atomic mass is 9.78. The third kappa shape index (κ3) is 2.86. The predicted molar refractivity (Wildman–Crippen MR) is 117 cm³/mol. The van der Waals surface area contributed by atoms with E-state index < -0.39 is 0 Å². The first-order valence-corrected chi connectivity index (χ1v) is 11.0. The van der Waals surface area contributed by atoms with Gasteiger partial charge in [0.05, 0.1) is 23.6 Å². The number of nitrogens with zero attached hydrogens (tertiary/aromatic N) is 3. The number of carbonyl (C=O) groups excluding carboxylic acids is 1. The number of para-hydroxylation sites is 1. The van der Waals surface area contributed by atoms with Gasteiger partial charge < -0.3 is 19.6 Å². The number of fused-ring (bicyclic) bond motifs is 4. The van der Waals surface area contributed by atoms with Gasteiger partial charge in [0.2, 0.25) is 5.91 Å². The number of anilines is 2. The van der Waals surface area contributed by atoms with Crippen LogP contribution < -0.4 is 10.2 Å². The minimum Gasteiger partial charge on any atom is -0.356 e. The lowest BCUT2D eigenvalue weighted by molar-refractivity contribution is -0.115. The Kier molecular flexibility index (Phi) is 4.12. The first-order chi connectivity index (χ1) is 15.0. The number of aromatic nitrogens is 1. The molecule has 3 aromatic rings. The maximum atomic E-state index is 13.4. The molecule has 4 heterocycles. The van der Waals surface area contributed by atoms with E-state index in [2.05, 4.69) is 39.3 Å². The quantitative estimate of drug-likeness (QED) is 0.693. The molecule has 6 rings (SSSR count). The molecular weight excluding hydrogens is 395 g/mol. The average molecular weight is 420 g/mol. The predicted octanol–water partition coefficient (Wildman–Crippen LogP) is 3.92. The number of hydrogen-bond acceptors (Lipinski definition) is 5. The van der Waals surface area contributed by atoms with Crippen LogP contribution in [-0.4, -0.2) is 47.7 Å². The molecule has 3 aliphatic heterocycles. The molecule has 2 aromatic carbocycles. The van der Waals surface area contributed by atoms with Crippen LogP contribution in [0.5, 0.6) is 0 Å². The molecule has 1 fully saturated rings. The van der Waals surface area contributed by atoms with Crippen LogP contribution in [0.2, 0.25) is 0 Å². The first kappa shape index (κ1) is 18.8. The van der Waals surface area contributed by atoms with E-state index >= 15 is 0 Å². The third-order valence-corrected chi connectivity index (χ3v) is 7.43. The van der Waals surface area contributed by atoms with E-state index in [0.717, 1.165) is 55.7 Å². The Balaban J connectivity index is 1.17. The van der Waals surface area contributed by atoms with Crippen LogP contribution in [0.3, 0.4) is 0 Å². The molecule has 6 nitrogen and oxygen atoms in total. The molecule has 2 atom stereocenters. The molecular formula is C24H25FN4O2. The van der Waals surface area contributed by atoms with Gasteiger partial charge in [0, 0.05) is 36.0 Å². The van der Waals surface area contributed by atoms with Crippen molar-refractivity contribution in [1.29, 1.82) is 0 Å². The highest BCUT2D eigenvalue weighted by Gasteiger charge is 2.52. The summed E-state index contributed by atoms with van der Waals surface area (Å²) in [5.41, 5.74) is 4.92. The molecule has 0 unspecified atom stereocenters. The van der Waals surface area contributed by atoms with Gasteiger partial charge in [0.15, 0.2) is 5.58 Å². The number of hydrogen-bond donors (Lipinski definition) is 1. The maximum absolute atomic E-state index is 13.4. The number of likely N-dealkylation sites (tertiary alicyclic amines) is 1. The van der Waals surface area contributed by atoms with Crippen molar-refractivity contribution >= 4 is 28.3 Å². The summed E-state index contributed by atoms with van der Waals surface area (Å²) in [4.78, 5) is 17.1. The van der Waals surface area contributed by atoms with Gasteiger partial charge in [-0.15, -0.1) is 0 Å². The Labute approximate surface area is 180 Å². The minimum absolute atomic E-state index is 0.0148. The molecule has 1 saturated heterocycles. The fourth-order valence-electron chi connectivity index (χ4n) is 5.77. The molecule has 0 bridgehead atoms. The van der Waals surface area contributed by atoms with E-state index in [1.165, 1.54) is 23.4 Å². The van der Waals surface area contributed by atoms with Gasteiger partial charge in [-0.2, -0.15) is 0 Å². The van der Waals surface area contributed by atoms with Crippen molar-refractivity contribution in [2.45, 2.75) is 37.6 Å². The molecule has 0 spiro atoms. The van der Waals surface area contributed by atoms with Crippen LogP contribution in [0.4, 0.5) is 15.8 Å². The van der Waals surface area contributed by atoms with E-state index in [1.54, 1.807) is 6.07 Å². The Hall–Kier alpha value is -2.93. The van der Waals surface area contributed by atoms with Gasteiger partial charge in [-0.3, -0.25) is 4.79 Å². The molecule has 1 N–H and O–H groups in total. The molecule has 0 saturated carbocycles. The van der Waals surface area contributed by atoms with E-state index in [1.807, 2.05) is 6.07 Å². The lowest BCUT2D eigenvalue weighted by Gasteiger charge is -2.48. The summed E-state index contributed by atoms with van der Waals surface area (Å²) in [6.07, 6.45) is 2.81. The Morgan fingerprint density at radius 3 is 3.13 bits per heavy atom. The number of piperidine rings is 1. The molecule has 1 aromatic heterocycles. The van der Waals surface area contributed by atoms with Crippen molar-refractivity contribution in [2.75, 3.05) is 36.4 Å². The second-order valence-electron chi connectivity index (χ2n) is 9.21. The van der Waals surface area contributed by atoms with E-state index in [0.29, 0.717) is 18.0 Å². The number of rotatable bonds is 4. The zero-order valence-corrected chi connectivity index (χ0v) is 17.5. The Morgan fingerprint density at radius 2 is 2.23 bits per heavy atom.